The Morgan fingerprint density at radius 1 is 1.08 bits per heavy atom. The second-order valence-electron chi connectivity index (χ2n) is 9.48. The highest BCUT2D eigenvalue weighted by atomic mass is 35.5. The zero-order chi connectivity index (χ0) is 27.5. The number of sulfonamides is 1. The predicted molar refractivity (Wildman–Crippen MR) is 147 cm³/mol. The van der Waals surface area contributed by atoms with Gasteiger partial charge in [0.2, 0.25) is 5.91 Å². The molecule has 4 rings (SSSR count). The number of benzene rings is 3. The summed E-state index contributed by atoms with van der Waals surface area (Å²) in [6.07, 6.45) is 0.492. The number of fused-ring (bicyclic) bond motifs is 1. The van der Waals surface area contributed by atoms with E-state index in [9.17, 15) is 13.2 Å². The Morgan fingerprint density at radius 3 is 2.37 bits per heavy atom. The Kier molecular flexibility index (Phi) is 8.08. The lowest BCUT2D eigenvalue weighted by Gasteiger charge is -2.38. The van der Waals surface area contributed by atoms with Gasteiger partial charge in [0.15, 0.2) is 0 Å². The zero-order valence-electron chi connectivity index (χ0n) is 21.7. The number of carbonyl (C=O) groups is 1. The third kappa shape index (κ3) is 6.16. The van der Waals surface area contributed by atoms with Crippen molar-refractivity contribution in [2.75, 3.05) is 24.6 Å². The predicted octanol–water partition coefficient (Wildman–Crippen LogP) is 5.36. The number of nitrogens with one attached hydrogen (secondary N) is 1. The normalized spacial score (nSPS) is 16.1. The van der Waals surface area contributed by atoms with E-state index in [-0.39, 0.29) is 4.90 Å². The van der Waals surface area contributed by atoms with Crippen molar-refractivity contribution in [2.24, 2.45) is 0 Å². The average molecular weight is 559 g/mol. The van der Waals surface area contributed by atoms with Crippen LogP contribution in [0.3, 0.4) is 0 Å². The molecule has 0 aromatic heterocycles. The minimum absolute atomic E-state index is 0.0193. The van der Waals surface area contributed by atoms with Gasteiger partial charge in [0.1, 0.15) is 29.4 Å². The summed E-state index contributed by atoms with van der Waals surface area (Å²) in [4.78, 5) is 13.5. The number of hydrogen-bond acceptors (Lipinski definition) is 6. The number of anilines is 1. The molecule has 0 saturated heterocycles. The Hall–Kier alpha value is -3.43. The van der Waals surface area contributed by atoms with Crippen LogP contribution >= 0.6 is 11.6 Å². The Balaban J connectivity index is 1.65. The van der Waals surface area contributed by atoms with Crippen molar-refractivity contribution >= 4 is 33.2 Å². The maximum Gasteiger partial charge on any atom is 0.264 e. The molecule has 8 nitrogen and oxygen atoms in total. The minimum Gasteiger partial charge on any atom is -0.497 e. The van der Waals surface area contributed by atoms with Gasteiger partial charge in [-0.15, -0.1) is 0 Å². The van der Waals surface area contributed by atoms with Gasteiger partial charge in [0, 0.05) is 17.0 Å². The second kappa shape index (κ2) is 11.1. The quantitative estimate of drug-likeness (QED) is 0.380. The third-order valence-electron chi connectivity index (χ3n) is 6.13. The fourth-order valence-corrected chi connectivity index (χ4v) is 5.93. The van der Waals surface area contributed by atoms with Crippen molar-refractivity contribution < 1.29 is 27.4 Å². The molecule has 3 aromatic rings. The molecule has 1 heterocycles. The largest absolute Gasteiger partial charge is 0.497 e. The van der Waals surface area contributed by atoms with Gasteiger partial charge in [-0.3, -0.25) is 9.10 Å². The van der Waals surface area contributed by atoms with Crippen molar-refractivity contribution in [2.45, 2.75) is 43.7 Å². The van der Waals surface area contributed by atoms with Crippen LogP contribution in [0.4, 0.5) is 5.69 Å². The van der Waals surface area contributed by atoms with Crippen molar-refractivity contribution in [3.05, 3.63) is 77.3 Å². The standard InChI is InChI=1S/C28H31ClN2O6S/c1-5-36-21-10-8-20(9-11-21)31(38(33,34)23-13-6-19(29)7-14-23)18-27(32)30-25-17-28(2,3)37-26-15-12-22(35-4)16-24(25)26/h6-16,25H,5,17-18H2,1-4H3,(H,30,32). The molecule has 0 radical (unpaired) electrons. The van der Waals surface area contributed by atoms with Crippen LogP contribution in [-0.2, 0) is 14.8 Å². The molecule has 1 atom stereocenters. The van der Waals surface area contributed by atoms with Crippen LogP contribution in [0, 0.1) is 0 Å². The summed E-state index contributed by atoms with van der Waals surface area (Å²) >= 11 is 5.98. The van der Waals surface area contributed by atoms with Crippen molar-refractivity contribution in [3.63, 3.8) is 0 Å². The molecule has 38 heavy (non-hydrogen) atoms. The number of rotatable bonds is 9. The average Bonchev–Trinajstić information content (AvgIpc) is 2.87. The zero-order valence-corrected chi connectivity index (χ0v) is 23.3. The van der Waals surface area contributed by atoms with Gasteiger partial charge in [-0.1, -0.05) is 11.6 Å². The lowest BCUT2D eigenvalue weighted by Crippen LogP contribution is -2.45. The Labute approximate surface area is 228 Å². The van der Waals surface area contributed by atoms with E-state index in [4.69, 9.17) is 25.8 Å². The first-order chi connectivity index (χ1) is 18.0. The van der Waals surface area contributed by atoms with Gasteiger partial charge in [-0.2, -0.15) is 0 Å². The smallest absolute Gasteiger partial charge is 0.264 e. The number of methoxy groups -OCH3 is 1. The maximum absolute atomic E-state index is 13.7. The van der Waals surface area contributed by atoms with Gasteiger partial charge in [0.05, 0.1) is 30.3 Å². The molecule has 1 aliphatic rings. The molecular formula is C28H31ClN2O6S. The summed E-state index contributed by atoms with van der Waals surface area (Å²) in [5.74, 6) is 1.41. The highest BCUT2D eigenvalue weighted by molar-refractivity contribution is 7.92. The van der Waals surface area contributed by atoms with Crippen LogP contribution in [0.1, 0.15) is 38.8 Å². The van der Waals surface area contributed by atoms with E-state index in [0.717, 1.165) is 9.87 Å². The van der Waals surface area contributed by atoms with E-state index in [1.165, 1.54) is 24.3 Å². The summed E-state index contributed by atoms with van der Waals surface area (Å²) in [6.45, 7) is 5.78. The summed E-state index contributed by atoms with van der Waals surface area (Å²) in [5, 5.41) is 3.43. The molecule has 202 valence electrons. The van der Waals surface area contributed by atoms with Gasteiger partial charge in [0.25, 0.3) is 10.0 Å². The fraction of sp³-hybridized carbons (Fsp3) is 0.321. The van der Waals surface area contributed by atoms with Gasteiger partial charge >= 0.3 is 0 Å². The third-order valence-corrected chi connectivity index (χ3v) is 8.17. The van der Waals surface area contributed by atoms with E-state index in [1.54, 1.807) is 37.4 Å². The molecule has 1 unspecified atom stereocenters. The van der Waals surface area contributed by atoms with Gasteiger partial charge < -0.3 is 19.5 Å². The number of hydrogen-bond donors (Lipinski definition) is 1. The first-order valence-electron chi connectivity index (χ1n) is 12.2. The van der Waals surface area contributed by atoms with E-state index in [0.29, 0.717) is 41.0 Å². The molecule has 0 spiro atoms. The van der Waals surface area contributed by atoms with Crippen LogP contribution in [0.15, 0.2) is 71.6 Å². The van der Waals surface area contributed by atoms with Crippen LogP contribution in [0.2, 0.25) is 5.02 Å². The lowest BCUT2D eigenvalue weighted by atomic mass is 9.89. The van der Waals surface area contributed by atoms with Crippen LogP contribution in [0.25, 0.3) is 0 Å². The van der Waals surface area contributed by atoms with Crippen LogP contribution in [0.5, 0.6) is 17.2 Å². The number of amides is 1. The number of nitrogens with zero attached hydrogens (tertiary/aromatic N) is 1. The number of ether oxygens (including phenoxy) is 3. The van der Waals surface area contributed by atoms with E-state index in [1.807, 2.05) is 32.9 Å². The minimum atomic E-state index is -4.10. The second-order valence-corrected chi connectivity index (χ2v) is 11.8. The fourth-order valence-electron chi connectivity index (χ4n) is 4.38. The topological polar surface area (TPSA) is 94.2 Å². The molecule has 1 N–H and O–H groups in total. The molecule has 1 aliphatic heterocycles. The first-order valence-corrected chi connectivity index (χ1v) is 14.0. The van der Waals surface area contributed by atoms with Crippen LogP contribution < -0.4 is 23.8 Å². The van der Waals surface area contributed by atoms with Crippen molar-refractivity contribution in [1.29, 1.82) is 0 Å². The molecule has 3 aromatic carbocycles. The summed E-state index contributed by atoms with van der Waals surface area (Å²) in [5.41, 5.74) is 0.558. The molecule has 10 heteroatoms. The monoisotopic (exact) mass is 558 g/mol. The molecule has 0 bridgehead atoms. The first kappa shape index (κ1) is 27.6. The lowest BCUT2D eigenvalue weighted by molar-refractivity contribution is -0.120. The molecule has 1 amide bonds. The van der Waals surface area contributed by atoms with Crippen LogP contribution in [-0.4, -0.2) is 40.2 Å². The van der Waals surface area contributed by atoms with Crippen molar-refractivity contribution in [1.82, 2.24) is 5.32 Å². The number of carbonyl (C=O) groups excluding carboxylic acids is 1. The number of halogens is 1. The van der Waals surface area contributed by atoms with Gasteiger partial charge in [-0.25, -0.2) is 8.42 Å². The maximum atomic E-state index is 13.7. The molecule has 0 saturated carbocycles. The van der Waals surface area contributed by atoms with Gasteiger partial charge in [-0.05, 0) is 87.5 Å². The molecular weight excluding hydrogens is 528 g/mol. The van der Waals surface area contributed by atoms with E-state index < -0.39 is 34.1 Å². The van der Waals surface area contributed by atoms with E-state index in [2.05, 4.69) is 5.32 Å². The highest BCUT2D eigenvalue weighted by Crippen LogP contribution is 2.41. The van der Waals surface area contributed by atoms with Crippen molar-refractivity contribution in [3.8, 4) is 17.2 Å². The summed E-state index contributed by atoms with van der Waals surface area (Å²) in [7, 11) is -2.53. The van der Waals surface area contributed by atoms with E-state index >= 15 is 0 Å². The molecule has 0 aliphatic carbocycles. The molecule has 0 fully saturated rings. The summed E-state index contributed by atoms with van der Waals surface area (Å²) in [6, 6.07) is 17.4. The Bertz CT molecular complexity index is 1390. The summed E-state index contributed by atoms with van der Waals surface area (Å²) < 4.78 is 45.4. The highest BCUT2D eigenvalue weighted by Gasteiger charge is 2.36. The SMILES string of the molecule is CCOc1ccc(N(CC(=O)NC2CC(C)(C)Oc3ccc(OC)cc32)S(=O)(=O)c2ccc(Cl)cc2)cc1. The Morgan fingerprint density at radius 2 is 1.74 bits per heavy atom.